The van der Waals surface area contributed by atoms with Gasteiger partial charge >= 0.3 is 40.8 Å². The Balaban J connectivity index is 0.000000339. The van der Waals surface area contributed by atoms with Crippen LogP contribution in [0.5, 0.6) is 0 Å². The quantitative estimate of drug-likeness (QED) is 0.0958. The van der Waals surface area contributed by atoms with Crippen LogP contribution in [0.1, 0.15) is 68.2 Å². The van der Waals surface area contributed by atoms with Crippen molar-refractivity contribution in [1.82, 2.24) is 0 Å². The summed E-state index contributed by atoms with van der Waals surface area (Å²) < 4.78 is 0. The minimum Gasteiger partial charge on any atom is -1.00 e. The first-order valence-corrected chi connectivity index (χ1v) is 25.8. The van der Waals surface area contributed by atoms with E-state index in [1.54, 1.807) is 0 Å². The van der Waals surface area contributed by atoms with Gasteiger partial charge in [-0.05, 0) is 142 Å². The number of rotatable bonds is 4. The van der Waals surface area contributed by atoms with E-state index in [0.717, 1.165) is 45.6 Å². The van der Waals surface area contributed by atoms with Crippen molar-refractivity contribution in [2.45, 2.75) is 23.7 Å². The Morgan fingerprint density at radius 3 is 0.526 bits per heavy atom. The zero-order chi connectivity index (χ0) is 48.7. The van der Waals surface area contributed by atoms with E-state index < -0.39 is 0 Å². The van der Waals surface area contributed by atoms with E-state index in [0.29, 0.717) is 20.1 Å². The van der Waals surface area contributed by atoms with Crippen LogP contribution in [0.4, 0.5) is 22.7 Å². The summed E-state index contributed by atoms with van der Waals surface area (Å²) in [5, 5.41) is 3.18. The molecule has 14 rings (SSSR count). The van der Waals surface area contributed by atoms with E-state index in [9.17, 15) is 0 Å². The van der Waals surface area contributed by atoms with Crippen LogP contribution in [-0.2, 0) is 40.8 Å². The molecule has 396 valence electrons. The summed E-state index contributed by atoms with van der Waals surface area (Å²) in [5.74, 6) is 0.145. The number of nitrogens with zero attached hydrogens (tertiary/aromatic N) is 4. The number of fused-ring (bicyclic) bond motifs is 2. The average Bonchev–Trinajstić information content (AvgIpc) is 3.38. The normalized spacial score (nSPS) is 18.1. The van der Waals surface area contributed by atoms with Crippen LogP contribution in [0.2, 0.25) is 20.1 Å². The molecular weight excluding hydrogens is 1340 g/mol. The van der Waals surface area contributed by atoms with E-state index in [2.05, 4.69) is 97.1 Å². The van der Waals surface area contributed by atoms with Crippen molar-refractivity contribution >= 4 is 138 Å². The van der Waals surface area contributed by atoms with Crippen molar-refractivity contribution in [1.29, 1.82) is 0 Å². The molecule has 0 amide bonds. The molecule has 0 radical (unpaired) electrons. The molecule has 76 heavy (non-hydrogen) atoms. The standard InChI is InChI=1S/2C28H18Cl2N2.2CH2Cl2.2CH3.2ClH.2Pd/c2*29-17-9-13-19(14-10-17)31-27-25-21-5-1-2-6-22(21)26(24-8-4-3-7-23(24)25)28(27)32-20-15-11-18(30)12-16-20;2*2-1-3;;;;;;/h2*1-16,25-26H;2*1H2;2*1H3;2*1H;;/q;;;;2*-1;;;2*+2/p-2. The predicted octanol–water partition coefficient (Wildman–Crippen LogP) is 14.0. The number of benzene rings is 8. The first-order chi connectivity index (χ1) is 34.2. The second-order valence-electron chi connectivity index (χ2n) is 16.3. The summed E-state index contributed by atoms with van der Waals surface area (Å²) in [5.41, 5.74) is 17.9. The molecule has 0 N–H and O–H groups in total. The van der Waals surface area contributed by atoms with Gasteiger partial charge in [-0.15, -0.1) is 46.4 Å². The maximum absolute atomic E-state index is 6.12. The van der Waals surface area contributed by atoms with Crippen LogP contribution in [0.25, 0.3) is 0 Å². The third kappa shape index (κ3) is 14.7. The maximum atomic E-state index is 6.12. The van der Waals surface area contributed by atoms with E-state index in [1.165, 1.54) is 44.5 Å². The smallest absolute Gasteiger partial charge is 1.00 e. The van der Waals surface area contributed by atoms with Crippen LogP contribution in [0.3, 0.4) is 0 Å². The molecule has 0 saturated carbocycles. The number of hydrogen-bond acceptors (Lipinski definition) is 4. The van der Waals surface area contributed by atoms with Gasteiger partial charge in [-0.1, -0.05) is 143 Å². The van der Waals surface area contributed by atoms with Gasteiger partial charge in [0.25, 0.3) is 0 Å². The number of alkyl halides is 4. The topological polar surface area (TPSA) is 49.4 Å². The summed E-state index contributed by atoms with van der Waals surface area (Å²) in [4.78, 5) is 20.5. The Morgan fingerprint density at radius 1 is 0.263 bits per heavy atom. The molecule has 4 bridgehead atoms. The number of aliphatic imine (C=N–C) groups is 4. The first kappa shape index (κ1) is 66.9. The molecule has 4 nitrogen and oxygen atoms in total. The van der Waals surface area contributed by atoms with Crippen LogP contribution in [0.15, 0.2) is 214 Å². The molecule has 16 heteroatoms. The monoisotopic (exact) mass is 1380 g/mol. The van der Waals surface area contributed by atoms with Crippen molar-refractivity contribution in [3.05, 3.63) is 274 Å². The average molecular weight is 1390 g/mol. The maximum Gasteiger partial charge on any atom is 2.00 e. The van der Waals surface area contributed by atoms with Gasteiger partial charge in [0, 0.05) is 20.1 Å². The van der Waals surface area contributed by atoms with Crippen molar-refractivity contribution in [2.24, 2.45) is 20.0 Å². The first-order valence-electron chi connectivity index (χ1n) is 22.2. The van der Waals surface area contributed by atoms with Crippen molar-refractivity contribution < 1.29 is 65.7 Å². The van der Waals surface area contributed by atoms with E-state index in [1.807, 2.05) is 97.1 Å². The van der Waals surface area contributed by atoms with Crippen molar-refractivity contribution in [2.75, 3.05) is 10.7 Å². The van der Waals surface area contributed by atoms with Gasteiger partial charge in [0.2, 0.25) is 0 Å². The van der Waals surface area contributed by atoms with Gasteiger partial charge in [0.05, 0.1) is 79.9 Å². The Morgan fingerprint density at radius 2 is 0.395 bits per heavy atom. The minimum absolute atomic E-state index is 0. The molecule has 6 aliphatic carbocycles. The number of halogens is 10. The van der Waals surface area contributed by atoms with Crippen LogP contribution >= 0.6 is 92.8 Å². The molecule has 0 fully saturated rings. The minimum atomic E-state index is 0. The van der Waals surface area contributed by atoms with E-state index >= 15 is 0 Å². The fraction of sp³-hybridized carbons (Fsp3) is 0.100. The van der Waals surface area contributed by atoms with Crippen molar-refractivity contribution in [3.63, 3.8) is 0 Å². The van der Waals surface area contributed by atoms with Gasteiger partial charge in [-0.25, -0.2) is 0 Å². The Kier molecular flexibility index (Phi) is 27.7. The molecule has 0 spiro atoms. The third-order valence-corrected chi connectivity index (χ3v) is 13.4. The molecule has 0 atom stereocenters. The van der Waals surface area contributed by atoms with Gasteiger partial charge in [-0.2, -0.15) is 0 Å². The predicted molar refractivity (Wildman–Crippen MR) is 313 cm³/mol. The molecule has 0 unspecified atom stereocenters. The van der Waals surface area contributed by atoms with Gasteiger partial charge in [0.1, 0.15) is 0 Å². The second-order valence-corrected chi connectivity index (χ2v) is 19.7. The van der Waals surface area contributed by atoms with Crippen molar-refractivity contribution in [3.8, 4) is 0 Å². The molecule has 8 aromatic rings. The summed E-state index contributed by atoms with van der Waals surface area (Å²) in [6.07, 6.45) is 0. The summed E-state index contributed by atoms with van der Waals surface area (Å²) >= 11 is 43.5. The second kappa shape index (κ2) is 31.5. The van der Waals surface area contributed by atoms with Crippen LogP contribution in [0, 0.1) is 14.9 Å². The molecule has 0 aliphatic heterocycles. The van der Waals surface area contributed by atoms with Gasteiger partial charge < -0.3 is 39.7 Å². The molecule has 8 aromatic carbocycles. The number of hydrogen-bond donors (Lipinski definition) is 0. The zero-order valence-corrected chi connectivity index (χ0v) is 51.1. The molecule has 6 aliphatic rings. The summed E-state index contributed by atoms with van der Waals surface area (Å²) in [6.45, 7) is 0. The summed E-state index contributed by atoms with van der Waals surface area (Å²) in [6, 6.07) is 65.3. The SMILES string of the molecule is ClCCl.ClCCl.Clc1ccc(N=C2C(=Nc3ccc(Cl)cc3)C3c4ccccc4C2c2ccccc23)cc1.Clc1ccc(N=C2C(=Nc3ccc(Cl)cc3)C3c4ccccc4C2c2ccccc23)cc1.[CH3-].[CH3-].[Cl-].[Cl-].[Pd+2].[Pd+2]. The van der Waals surface area contributed by atoms with Crippen LogP contribution < -0.4 is 24.8 Å². The Labute approximate surface area is 526 Å². The Hall–Kier alpha value is -3.34. The van der Waals surface area contributed by atoms with E-state index in [4.69, 9.17) is 113 Å². The van der Waals surface area contributed by atoms with E-state index in [-0.39, 0.29) is 115 Å². The molecule has 0 heterocycles. The van der Waals surface area contributed by atoms with Gasteiger partial charge in [0.15, 0.2) is 0 Å². The Bertz CT molecular complexity index is 2750. The molecule has 0 saturated heterocycles. The largest absolute Gasteiger partial charge is 2.00 e. The fourth-order valence-electron chi connectivity index (χ4n) is 9.69. The summed E-state index contributed by atoms with van der Waals surface area (Å²) in [7, 11) is 0. The fourth-order valence-corrected chi connectivity index (χ4v) is 10.2. The molecule has 0 aromatic heterocycles. The van der Waals surface area contributed by atoms with Gasteiger partial charge in [-0.3, -0.25) is 20.0 Å². The third-order valence-electron chi connectivity index (χ3n) is 12.4. The zero-order valence-electron chi connectivity index (χ0n) is 40.4. The van der Waals surface area contributed by atoms with Crippen LogP contribution in [-0.4, -0.2) is 33.5 Å². The molecular formula is C60H46Cl10N4Pd2.